The van der Waals surface area contributed by atoms with E-state index in [9.17, 15) is 9.59 Å². The van der Waals surface area contributed by atoms with Gasteiger partial charge >= 0.3 is 11.9 Å². The first kappa shape index (κ1) is 9.77. The Bertz CT molecular complexity index is 265. The molecule has 13 heavy (non-hydrogen) atoms. The predicted octanol–water partition coefficient (Wildman–Crippen LogP) is 0.969. The van der Waals surface area contributed by atoms with E-state index in [2.05, 4.69) is 4.74 Å². The van der Waals surface area contributed by atoms with Crippen molar-refractivity contribution >= 4 is 11.9 Å². The van der Waals surface area contributed by atoms with E-state index in [1.54, 1.807) is 0 Å². The van der Waals surface area contributed by atoms with E-state index in [0.717, 1.165) is 5.57 Å². The molecule has 1 aliphatic heterocycles. The summed E-state index contributed by atoms with van der Waals surface area (Å²) in [4.78, 5) is 21.5. The van der Waals surface area contributed by atoms with Gasteiger partial charge in [-0.2, -0.15) is 0 Å². The Morgan fingerprint density at radius 2 is 2.31 bits per heavy atom. The molecular formula is C9H12O4. The van der Waals surface area contributed by atoms with E-state index in [4.69, 9.17) is 5.11 Å². The molecular weight excluding hydrogens is 172 g/mol. The molecule has 1 unspecified atom stereocenters. The lowest BCUT2D eigenvalue weighted by atomic mass is 9.95. The van der Waals surface area contributed by atoms with Gasteiger partial charge in [0, 0.05) is 12.5 Å². The zero-order valence-electron chi connectivity index (χ0n) is 7.61. The van der Waals surface area contributed by atoms with Crippen molar-refractivity contribution in [1.82, 2.24) is 0 Å². The summed E-state index contributed by atoms with van der Waals surface area (Å²) < 4.78 is 4.61. The molecule has 0 saturated heterocycles. The van der Waals surface area contributed by atoms with Crippen LogP contribution in [-0.4, -0.2) is 23.1 Å². The molecule has 0 aromatic carbocycles. The van der Waals surface area contributed by atoms with E-state index < -0.39 is 18.0 Å². The summed E-state index contributed by atoms with van der Waals surface area (Å²) in [5.41, 5.74) is 0.837. The molecule has 1 N–H and O–H groups in total. The number of cyclic esters (lactones) is 1. The van der Waals surface area contributed by atoms with Gasteiger partial charge < -0.3 is 9.84 Å². The van der Waals surface area contributed by atoms with Crippen LogP contribution in [0.25, 0.3) is 0 Å². The highest BCUT2D eigenvalue weighted by molar-refractivity contribution is 5.87. The third kappa shape index (κ3) is 2.31. The van der Waals surface area contributed by atoms with Crippen molar-refractivity contribution in [3.8, 4) is 0 Å². The SMILES string of the molecule is CC(C)C1=CC(=O)OC(C(=O)O)C1. The largest absolute Gasteiger partial charge is 0.478 e. The van der Waals surface area contributed by atoms with Gasteiger partial charge in [0.05, 0.1) is 0 Å². The number of carbonyl (C=O) groups is 2. The molecule has 0 amide bonds. The molecule has 0 spiro atoms. The van der Waals surface area contributed by atoms with Crippen molar-refractivity contribution in [3.63, 3.8) is 0 Å². The van der Waals surface area contributed by atoms with E-state index >= 15 is 0 Å². The minimum Gasteiger partial charge on any atom is -0.478 e. The second-order valence-electron chi connectivity index (χ2n) is 3.34. The molecule has 0 bridgehead atoms. The summed E-state index contributed by atoms with van der Waals surface area (Å²) in [5, 5.41) is 8.65. The average Bonchev–Trinajstić information content (AvgIpc) is 2.03. The summed E-state index contributed by atoms with van der Waals surface area (Å²) in [6.45, 7) is 3.84. The molecule has 1 atom stereocenters. The highest BCUT2D eigenvalue weighted by Crippen LogP contribution is 2.22. The van der Waals surface area contributed by atoms with Crippen LogP contribution in [0.15, 0.2) is 11.6 Å². The molecule has 72 valence electrons. The fourth-order valence-corrected chi connectivity index (χ4v) is 1.18. The van der Waals surface area contributed by atoms with Crippen molar-refractivity contribution in [2.24, 2.45) is 5.92 Å². The molecule has 0 fully saturated rings. The van der Waals surface area contributed by atoms with E-state index in [0.29, 0.717) is 6.42 Å². The quantitative estimate of drug-likeness (QED) is 0.649. The first-order valence-corrected chi connectivity index (χ1v) is 4.14. The monoisotopic (exact) mass is 184 g/mol. The zero-order valence-corrected chi connectivity index (χ0v) is 7.61. The van der Waals surface area contributed by atoms with Gasteiger partial charge in [-0.05, 0) is 5.92 Å². The lowest BCUT2D eigenvalue weighted by Gasteiger charge is -2.21. The predicted molar refractivity (Wildman–Crippen MR) is 45.1 cm³/mol. The molecule has 0 saturated carbocycles. The number of hydrogen-bond acceptors (Lipinski definition) is 3. The molecule has 0 aromatic heterocycles. The van der Waals surface area contributed by atoms with Crippen LogP contribution < -0.4 is 0 Å². The van der Waals surface area contributed by atoms with Gasteiger partial charge in [0.1, 0.15) is 0 Å². The number of carboxylic acid groups (broad SMARTS) is 1. The number of hydrogen-bond donors (Lipinski definition) is 1. The molecule has 0 radical (unpaired) electrons. The maximum Gasteiger partial charge on any atom is 0.345 e. The lowest BCUT2D eigenvalue weighted by molar-refractivity contribution is -0.161. The van der Waals surface area contributed by atoms with E-state index in [-0.39, 0.29) is 5.92 Å². The Hall–Kier alpha value is -1.32. The first-order valence-electron chi connectivity index (χ1n) is 4.14. The fourth-order valence-electron chi connectivity index (χ4n) is 1.18. The van der Waals surface area contributed by atoms with Crippen LogP contribution in [0.2, 0.25) is 0 Å². The normalized spacial score (nSPS) is 22.5. The summed E-state index contributed by atoms with van der Waals surface area (Å²) in [6.07, 6.45) is 0.679. The summed E-state index contributed by atoms with van der Waals surface area (Å²) in [6, 6.07) is 0. The molecule has 4 nitrogen and oxygen atoms in total. The second-order valence-corrected chi connectivity index (χ2v) is 3.34. The van der Waals surface area contributed by atoms with Gasteiger partial charge in [-0.3, -0.25) is 0 Å². The Balaban J connectivity index is 2.79. The number of carbonyl (C=O) groups excluding carboxylic acids is 1. The number of carboxylic acids is 1. The van der Waals surface area contributed by atoms with E-state index in [1.807, 2.05) is 13.8 Å². The second kappa shape index (κ2) is 3.60. The maximum atomic E-state index is 10.9. The third-order valence-corrected chi connectivity index (χ3v) is 2.00. The molecule has 0 aromatic rings. The molecule has 0 aliphatic carbocycles. The summed E-state index contributed by atoms with van der Waals surface area (Å²) in [5.74, 6) is -1.45. The van der Waals surface area contributed by atoms with Crippen molar-refractivity contribution < 1.29 is 19.4 Å². The first-order chi connectivity index (χ1) is 6.00. The standard InChI is InChI=1S/C9H12O4/c1-5(2)6-3-7(9(11)12)13-8(10)4-6/h4-5,7H,3H2,1-2H3,(H,11,12). The minimum atomic E-state index is -1.08. The Kier molecular flexibility index (Phi) is 2.70. The lowest BCUT2D eigenvalue weighted by Crippen LogP contribution is -2.31. The van der Waals surface area contributed by atoms with Crippen LogP contribution in [-0.2, 0) is 14.3 Å². The number of esters is 1. The number of ether oxygens (including phenoxy) is 1. The van der Waals surface area contributed by atoms with Crippen LogP contribution in [0.4, 0.5) is 0 Å². The number of rotatable bonds is 2. The zero-order chi connectivity index (χ0) is 10.0. The maximum absolute atomic E-state index is 10.9. The van der Waals surface area contributed by atoms with Crippen LogP contribution in [0.3, 0.4) is 0 Å². The van der Waals surface area contributed by atoms with Crippen LogP contribution in [0.1, 0.15) is 20.3 Å². The van der Waals surface area contributed by atoms with Crippen LogP contribution in [0.5, 0.6) is 0 Å². The van der Waals surface area contributed by atoms with Crippen molar-refractivity contribution in [1.29, 1.82) is 0 Å². The average molecular weight is 184 g/mol. The van der Waals surface area contributed by atoms with Gasteiger partial charge in [0.25, 0.3) is 0 Å². The molecule has 1 aliphatic rings. The van der Waals surface area contributed by atoms with Crippen molar-refractivity contribution in [3.05, 3.63) is 11.6 Å². The Morgan fingerprint density at radius 1 is 1.69 bits per heavy atom. The smallest absolute Gasteiger partial charge is 0.345 e. The highest BCUT2D eigenvalue weighted by Gasteiger charge is 2.28. The number of aliphatic carboxylic acids is 1. The van der Waals surface area contributed by atoms with Gasteiger partial charge in [-0.1, -0.05) is 19.4 Å². The van der Waals surface area contributed by atoms with Gasteiger partial charge in [0.15, 0.2) is 0 Å². The Labute approximate surface area is 76.2 Å². The van der Waals surface area contributed by atoms with Crippen molar-refractivity contribution in [2.75, 3.05) is 0 Å². The highest BCUT2D eigenvalue weighted by atomic mass is 16.6. The third-order valence-electron chi connectivity index (χ3n) is 2.00. The van der Waals surface area contributed by atoms with Crippen LogP contribution in [0, 0.1) is 5.92 Å². The minimum absolute atomic E-state index is 0.190. The summed E-state index contributed by atoms with van der Waals surface area (Å²) >= 11 is 0. The van der Waals surface area contributed by atoms with Gasteiger partial charge in [0.2, 0.25) is 6.10 Å². The fraction of sp³-hybridized carbons (Fsp3) is 0.556. The van der Waals surface area contributed by atoms with Gasteiger partial charge in [-0.15, -0.1) is 0 Å². The van der Waals surface area contributed by atoms with Crippen molar-refractivity contribution in [2.45, 2.75) is 26.4 Å². The molecule has 4 heteroatoms. The summed E-state index contributed by atoms with van der Waals surface area (Å²) in [7, 11) is 0. The molecule has 1 heterocycles. The van der Waals surface area contributed by atoms with Gasteiger partial charge in [-0.25, -0.2) is 9.59 Å². The van der Waals surface area contributed by atoms with Crippen LogP contribution >= 0.6 is 0 Å². The molecule has 1 rings (SSSR count). The topological polar surface area (TPSA) is 63.6 Å². The van der Waals surface area contributed by atoms with E-state index in [1.165, 1.54) is 6.08 Å². The Morgan fingerprint density at radius 3 is 2.77 bits per heavy atom.